The van der Waals surface area contributed by atoms with Crippen LogP contribution in [0.2, 0.25) is 0 Å². The first-order valence-corrected chi connectivity index (χ1v) is 10.4. The Hall–Kier alpha value is -2.51. The van der Waals surface area contributed by atoms with Gasteiger partial charge >= 0.3 is 0 Å². The highest BCUT2D eigenvalue weighted by molar-refractivity contribution is 5.94. The van der Waals surface area contributed by atoms with Crippen LogP contribution in [0.25, 0.3) is 0 Å². The number of hydrogen-bond acceptors (Lipinski definition) is 6. The molecule has 2 aromatic rings. The van der Waals surface area contributed by atoms with Crippen molar-refractivity contribution in [2.45, 2.75) is 37.2 Å². The van der Waals surface area contributed by atoms with Crippen molar-refractivity contribution in [2.24, 2.45) is 0 Å². The van der Waals surface area contributed by atoms with Gasteiger partial charge < -0.3 is 20.1 Å². The van der Waals surface area contributed by atoms with E-state index in [1.807, 2.05) is 23.2 Å². The summed E-state index contributed by atoms with van der Waals surface area (Å²) in [6.07, 6.45) is 5.12. The average Bonchev–Trinajstić information content (AvgIpc) is 3.30. The third-order valence-corrected chi connectivity index (χ3v) is 6.48. The minimum Gasteiger partial charge on any atom is -0.381 e. The van der Waals surface area contributed by atoms with Gasteiger partial charge in [0.25, 0.3) is 5.91 Å². The number of fused-ring (bicyclic) bond motifs is 2. The van der Waals surface area contributed by atoms with Crippen LogP contribution < -0.4 is 5.73 Å². The number of aromatic nitrogens is 2. The van der Waals surface area contributed by atoms with E-state index in [1.54, 1.807) is 0 Å². The summed E-state index contributed by atoms with van der Waals surface area (Å²) in [4.78, 5) is 23.6. The Labute approximate surface area is 170 Å². The molecule has 0 bridgehead atoms. The summed E-state index contributed by atoms with van der Waals surface area (Å²) in [5.41, 5.74) is 9.38. The van der Waals surface area contributed by atoms with Crippen molar-refractivity contribution < 1.29 is 14.3 Å². The Bertz CT molecular complexity index is 901. The van der Waals surface area contributed by atoms with E-state index in [0.29, 0.717) is 25.6 Å². The number of benzene rings is 1. The van der Waals surface area contributed by atoms with E-state index in [-0.39, 0.29) is 11.9 Å². The lowest BCUT2D eigenvalue weighted by Crippen LogP contribution is -2.49. The van der Waals surface area contributed by atoms with Crippen molar-refractivity contribution in [3.8, 4) is 0 Å². The molecule has 29 heavy (non-hydrogen) atoms. The smallest absolute Gasteiger partial charge is 0.253 e. The highest BCUT2D eigenvalue weighted by Gasteiger charge is 2.43. The maximum atomic E-state index is 13.0. The highest BCUT2D eigenvalue weighted by Crippen LogP contribution is 2.40. The van der Waals surface area contributed by atoms with E-state index in [9.17, 15) is 4.79 Å². The molecule has 0 radical (unpaired) electrons. The summed E-state index contributed by atoms with van der Waals surface area (Å²) < 4.78 is 11.7. The molecule has 1 atom stereocenters. The molecule has 0 aliphatic carbocycles. The van der Waals surface area contributed by atoms with E-state index in [0.717, 1.165) is 55.7 Å². The number of hydrogen-bond donors (Lipinski definition) is 1. The van der Waals surface area contributed by atoms with E-state index in [1.165, 1.54) is 5.56 Å². The third kappa shape index (κ3) is 3.38. The van der Waals surface area contributed by atoms with E-state index < -0.39 is 5.60 Å². The van der Waals surface area contributed by atoms with Crippen LogP contribution in [0.1, 0.15) is 52.4 Å². The second-order valence-electron chi connectivity index (χ2n) is 8.17. The predicted octanol–water partition coefficient (Wildman–Crippen LogP) is 2.27. The van der Waals surface area contributed by atoms with E-state index >= 15 is 0 Å². The molecule has 152 valence electrons. The van der Waals surface area contributed by atoms with Crippen LogP contribution in [0.4, 0.5) is 5.95 Å². The molecule has 5 rings (SSSR count). The zero-order valence-corrected chi connectivity index (χ0v) is 16.5. The molecule has 3 aliphatic rings. The van der Waals surface area contributed by atoms with Crippen LogP contribution in [0.15, 0.2) is 30.5 Å². The van der Waals surface area contributed by atoms with Crippen molar-refractivity contribution in [3.05, 3.63) is 52.8 Å². The monoisotopic (exact) mass is 394 g/mol. The SMILES string of the molecule is Nc1ncc2c(n1)C1(CCN(C(=O)c3ccc(C4CCOC4)cc3)CC1)OCC2. The predicted molar refractivity (Wildman–Crippen MR) is 108 cm³/mol. The highest BCUT2D eigenvalue weighted by atomic mass is 16.5. The Morgan fingerprint density at radius 2 is 1.97 bits per heavy atom. The molecule has 1 unspecified atom stereocenters. The maximum absolute atomic E-state index is 13.0. The summed E-state index contributed by atoms with van der Waals surface area (Å²) in [6, 6.07) is 8.03. The second-order valence-corrected chi connectivity index (χ2v) is 8.17. The topological polar surface area (TPSA) is 90.6 Å². The molecular weight excluding hydrogens is 368 g/mol. The molecule has 4 heterocycles. The lowest BCUT2D eigenvalue weighted by atomic mass is 9.83. The Kier molecular flexibility index (Phi) is 4.72. The summed E-state index contributed by atoms with van der Waals surface area (Å²) >= 11 is 0. The Morgan fingerprint density at radius 1 is 1.17 bits per heavy atom. The molecule has 0 saturated carbocycles. The number of likely N-dealkylation sites (tertiary alicyclic amines) is 1. The fourth-order valence-corrected chi connectivity index (χ4v) is 4.75. The summed E-state index contributed by atoms with van der Waals surface area (Å²) in [5, 5.41) is 0. The molecule has 7 nitrogen and oxygen atoms in total. The van der Waals surface area contributed by atoms with Crippen LogP contribution in [-0.4, -0.2) is 53.7 Å². The second kappa shape index (κ2) is 7.39. The fraction of sp³-hybridized carbons (Fsp3) is 0.500. The molecule has 2 saturated heterocycles. The first kappa shape index (κ1) is 18.5. The van der Waals surface area contributed by atoms with Crippen LogP contribution in [0.3, 0.4) is 0 Å². The lowest BCUT2D eigenvalue weighted by Gasteiger charge is -2.44. The third-order valence-electron chi connectivity index (χ3n) is 6.48. The standard InChI is InChI=1S/C22H26N4O3/c23-21-24-13-17-6-12-29-22(19(17)25-21)7-9-26(10-8-22)20(27)16-3-1-15(2-4-16)18-5-11-28-14-18/h1-4,13,18H,5-12,14H2,(H2,23,24,25). The lowest BCUT2D eigenvalue weighted by molar-refractivity contribution is -0.0966. The number of amides is 1. The van der Waals surface area contributed by atoms with Gasteiger partial charge in [0.05, 0.1) is 18.9 Å². The zero-order valence-electron chi connectivity index (χ0n) is 16.5. The average molecular weight is 394 g/mol. The van der Waals surface area contributed by atoms with Crippen LogP contribution in [0, 0.1) is 0 Å². The van der Waals surface area contributed by atoms with Gasteiger partial charge in [-0.3, -0.25) is 4.79 Å². The van der Waals surface area contributed by atoms with Gasteiger partial charge in [0.1, 0.15) is 5.60 Å². The van der Waals surface area contributed by atoms with Gasteiger partial charge in [-0.05, 0) is 48.9 Å². The van der Waals surface area contributed by atoms with E-state index in [4.69, 9.17) is 15.2 Å². The number of carbonyl (C=O) groups excluding carboxylic acids is 1. The number of nitrogens with zero attached hydrogens (tertiary/aromatic N) is 3. The van der Waals surface area contributed by atoms with Gasteiger partial charge in [0, 0.05) is 37.4 Å². The molecule has 1 spiro atoms. The number of piperidine rings is 1. The fourth-order valence-electron chi connectivity index (χ4n) is 4.75. The molecule has 1 aromatic carbocycles. The van der Waals surface area contributed by atoms with Gasteiger partial charge in [0.2, 0.25) is 5.95 Å². The molecule has 1 aromatic heterocycles. The van der Waals surface area contributed by atoms with Gasteiger partial charge in [-0.25, -0.2) is 9.97 Å². The van der Waals surface area contributed by atoms with Crippen LogP contribution in [0.5, 0.6) is 0 Å². The molecule has 3 aliphatic heterocycles. The Balaban J connectivity index is 1.29. The normalized spacial score (nSPS) is 23.2. The molecule has 2 fully saturated rings. The summed E-state index contributed by atoms with van der Waals surface area (Å²) in [6.45, 7) is 3.53. The van der Waals surface area contributed by atoms with Gasteiger partial charge in [-0.1, -0.05) is 12.1 Å². The van der Waals surface area contributed by atoms with E-state index in [2.05, 4.69) is 22.1 Å². The Morgan fingerprint density at radius 3 is 2.69 bits per heavy atom. The van der Waals surface area contributed by atoms with Crippen LogP contribution in [-0.2, 0) is 21.5 Å². The van der Waals surface area contributed by atoms with Crippen molar-refractivity contribution in [2.75, 3.05) is 38.6 Å². The number of anilines is 1. The first-order chi connectivity index (χ1) is 14.1. The van der Waals surface area contributed by atoms with Gasteiger partial charge in [-0.15, -0.1) is 0 Å². The molecule has 7 heteroatoms. The first-order valence-electron chi connectivity index (χ1n) is 10.4. The molecule has 2 N–H and O–H groups in total. The summed E-state index contributed by atoms with van der Waals surface area (Å²) in [5.74, 6) is 0.805. The van der Waals surface area contributed by atoms with Crippen molar-refractivity contribution in [1.82, 2.24) is 14.9 Å². The zero-order chi connectivity index (χ0) is 19.8. The van der Waals surface area contributed by atoms with Crippen molar-refractivity contribution in [1.29, 1.82) is 0 Å². The van der Waals surface area contributed by atoms with Crippen molar-refractivity contribution >= 4 is 11.9 Å². The summed E-state index contributed by atoms with van der Waals surface area (Å²) in [7, 11) is 0. The quantitative estimate of drug-likeness (QED) is 0.840. The minimum absolute atomic E-state index is 0.0762. The largest absolute Gasteiger partial charge is 0.381 e. The minimum atomic E-state index is -0.451. The maximum Gasteiger partial charge on any atom is 0.253 e. The molecular formula is C22H26N4O3. The van der Waals surface area contributed by atoms with Crippen molar-refractivity contribution in [3.63, 3.8) is 0 Å². The van der Waals surface area contributed by atoms with Gasteiger partial charge in [0.15, 0.2) is 0 Å². The number of rotatable bonds is 2. The number of nitrogens with two attached hydrogens (primary N) is 1. The number of carbonyl (C=O) groups is 1. The number of ether oxygens (including phenoxy) is 2. The number of nitrogen functional groups attached to an aromatic ring is 1. The van der Waals surface area contributed by atoms with Gasteiger partial charge in [-0.2, -0.15) is 0 Å². The van der Waals surface area contributed by atoms with Crippen LogP contribution >= 0.6 is 0 Å². The molecule has 1 amide bonds.